The molecule has 23 heavy (non-hydrogen) atoms. The smallest absolute Gasteiger partial charge is 0.272 e. The Morgan fingerprint density at radius 2 is 2.04 bits per heavy atom. The highest BCUT2D eigenvalue weighted by molar-refractivity contribution is 6.30. The Morgan fingerprint density at radius 1 is 1.26 bits per heavy atom. The summed E-state index contributed by atoms with van der Waals surface area (Å²) >= 11 is 6.02. The van der Waals surface area contributed by atoms with E-state index < -0.39 is 0 Å². The molecule has 1 aliphatic rings. The quantitative estimate of drug-likeness (QED) is 0.938. The highest BCUT2D eigenvalue weighted by Gasteiger charge is 2.19. The molecule has 1 aromatic heterocycles. The summed E-state index contributed by atoms with van der Waals surface area (Å²) in [4.78, 5) is 18.4. The number of nitrogens with one attached hydrogen (secondary N) is 1. The van der Waals surface area contributed by atoms with Gasteiger partial charge in [0.05, 0.1) is 25.1 Å². The average Bonchev–Trinajstić information content (AvgIpc) is 2.59. The molecular formula is C17H18ClN3O2. The van der Waals surface area contributed by atoms with Gasteiger partial charge in [-0.2, -0.15) is 0 Å². The minimum Gasteiger partial charge on any atom is -0.378 e. The van der Waals surface area contributed by atoms with Crippen molar-refractivity contribution in [1.29, 1.82) is 0 Å². The van der Waals surface area contributed by atoms with Gasteiger partial charge in [0.1, 0.15) is 5.69 Å². The lowest BCUT2D eigenvalue weighted by atomic mass is 10.2. The third-order valence-electron chi connectivity index (χ3n) is 3.76. The number of anilines is 2. The summed E-state index contributed by atoms with van der Waals surface area (Å²) in [5, 5.41) is 3.94. The number of halogens is 1. The first kappa shape index (κ1) is 15.8. The van der Waals surface area contributed by atoms with E-state index in [-0.39, 0.29) is 5.91 Å². The van der Waals surface area contributed by atoms with Crippen LogP contribution in [0.3, 0.4) is 0 Å². The van der Waals surface area contributed by atoms with Gasteiger partial charge in [0.25, 0.3) is 5.91 Å². The van der Waals surface area contributed by atoms with Gasteiger partial charge < -0.3 is 15.0 Å². The van der Waals surface area contributed by atoms with E-state index in [9.17, 15) is 4.79 Å². The van der Waals surface area contributed by atoms with Crippen LogP contribution in [0.4, 0.5) is 11.4 Å². The second-order valence-corrected chi connectivity index (χ2v) is 5.86. The lowest BCUT2D eigenvalue weighted by molar-refractivity contribution is 0.0299. The van der Waals surface area contributed by atoms with Gasteiger partial charge in [-0.25, -0.2) is 4.98 Å². The Balaban J connectivity index is 1.71. The number of carbonyl (C=O) groups excluding carboxylic acids is 1. The fourth-order valence-corrected chi connectivity index (χ4v) is 2.58. The second-order valence-electron chi connectivity index (χ2n) is 5.42. The molecule has 1 saturated heterocycles. The summed E-state index contributed by atoms with van der Waals surface area (Å²) in [7, 11) is 0. The molecule has 120 valence electrons. The Labute approximate surface area is 140 Å². The Morgan fingerprint density at radius 3 is 2.74 bits per heavy atom. The first-order valence-electron chi connectivity index (χ1n) is 7.50. The zero-order chi connectivity index (χ0) is 16.2. The van der Waals surface area contributed by atoms with Crippen molar-refractivity contribution in [2.75, 3.05) is 31.6 Å². The van der Waals surface area contributed by atoms with Gasteiger partial charge in [0, 0.05) is 23.8 Å². The summed E-state index contributed by atoms with van der Waals surface area (Å²) < 4.78 is 5.26. The van der Waals surface area contributed by atoms with Crippen LogP contribution in [0.15, 0.2) is 36.5 Å². The second kappa shape index (κ2) is 6.98. The number of rotatable bonds is 3. The maximum absolute atomic E-state index is 12.3. The molecule has 3 rings (SSSR count). The monoisotopic (exact) mass is 331 g/mol. The minimum absolute atomic E-state index is 0.0567. The van der Waals surface area contributed by atoms with Crippen molar-refractivity contribution >= 4 is 28.9 Å². The van der Waals surface area contributed by atoms with E-state index in [0.717, 1.165) is 16.9 Å². The van der Waals surface area contributed by atoms with Gasteiger partial charge in [-0.3, -0.25) is 4.79 Å². The van der Waals surface area contributed by atoms with Crippen molar-refractivity contribution in [2.45, 2.75) is 6.92 Å². The highest BCUT2D eigenvalue weighted by Crippen LogP contribution is 2.24. The third kappa shape index (κ3) is 3.81. The van der Waals surface area contributed by atoms with Crippen LogP contribution in [0.25, 0.3) is 0 Å². The van der Waals surface area contributed by atoms with Gasteiger partial charge in [0.2, 0.25) is 0 Å². The summed E-state index contributed by atoms with van der Waals surface area (Å²) in [6, 6.07) is 9.25. The minimum atomic E-state index is -0.0567. The van der Waals surface area contributed by atoms with E-state index in [2.05, 4.69) is 10.3 Å². The summed E-state index contributed by atoms with van der Waals surface area (Å²) in [6.07, 6.45) is 1.66. The predicted octanol–water partition coefficient (Wildman–Crippen LogP) is 3.26. The molecule has 0 saturated carbocycles. The number of pyridine rings is 1. The van der Waals surface area contributed by atoms with Gasteiger partial charge in [-0.1, -0.05) is 17.7 Å². The van der Waals surface area contributed by atoms with Crippen molar-refractivity contribution in [3.63, 3.8) is 0 Å². The van der Waals surface area contributed by atoms with Crippen LogP contribution in [0, 0.1) is 6.92 Å². The molecule has 0 unspecified atom stereocenters. The predicted molar refractivity (Wildman–Crippen MR) is 90.4 cm³/mol. The first-order chi connectivity index (χ1) is 11.1. The molecule has 1 N–H and O–H groups in total. The lowest BCUT2D eigenvalue weighted by Crippen LogP contribution is -2.41. The molecular weight excluding hydrogens is 314 g/mol. The first-order valence-corrected chi connectivity index (χ1v) is 7.87. The molecule has 0 radical (unpaired) electrons. The van der Waals surface area contributed by atoms with Gasteiger partial charge >= 0.3 is 0 Å². The number of ether oxygens (including phenoxy) is 1. The van der Waals surface area contributed by atoms with Gasteiger partial charge in [-0.05, 0) is 36.8 Å². The van der Waals surface area contributed by atoms with Crippen molar-refractivity contribution < 1.29 is 9.53 Å². The number of carbonyl (C=O) groups is 1. The van der Waals surface area contributed by atoms with Crippen molar-refractivity contribution in [2.24, 2.45) is 0 Å². The molecule has 1 aromatic carbocycles. The largest absolute Gasteiger partial charge is 0.378 e. The average molecular weight is 332 g/mol. The summed E-state index contributed by atoms with van der Waals surface area (Å²) in [5.74, 6) is -0.0567. The summed E-state index contributed by atoms with van der Waals surface area (Å²) in [6.45, 7) is 4.39. The molecule has 0 atom stereocenters. The maximum Gasteiger partial charge on any atom is 0.272 e. The Hall–Kier alpha value is -2.11. The number of aryl methyl sites for hydroxylation is 1. The number of hydrogen-bond acceptors (Lipinski definition) is 4. The van der Waals surface area contributed by atoms with Crippen LogP contribution in [0.2, 0.25) is 5.02 Å². The summed E-state index contributed by atoms with van der Waals surface area (Å²) in [5.41, 5.74) is 3.27. The van der Waals surface area contributed by atoms with E-state index in [1.807, 2.05) is 31.2 Å². The maximum atomic E-state index is 12.3. The number of benzene rings is 1. The SMILES string of the molecule is Cc1ccc(Cl)cc1Nc1ccc(C(=O)N2CCOCC2)nc1. The molecule has 1 aliphatic heterocycles. The molecule has 5 nitrogen and oxygen atoms in total. The fraction of sp³-hybridized carbons (Fsp3) is 0.294. The topological polar surface area (TPSA) is 54.5 Å². The number of aromatic nitrogens is 1. The zero-order valence-corrected chi connectivity index (χ0v) is 13.6. The molecule has 2 heterocycles. The standard InChI is InChI=1S/C17H18ClN3O2/c1-12-2-3-13(18)10-16(12)20-14-4-5-15(19-11-14)17(22)21-6-8-23-9-7-21/h2-5,10-11,20H,6-9H2,1H3. The van der Waals surface area contributed by atoms with Gasteiger partial charge in [0.15, 0.2) is 0 Å². The van der Waals surface area contributed by atoms with Crippen LogP contribution in [-0.2, 0) is 4.74 Å². The van der Waals surface area contributed by atoms with Crippen LogP contribution in [-0.4, -0.2) is 42.1 Å². The Bertz CT molecular complexity index is 697. The van der Waals surface area contributed by atoms with E-state index >= 15 is 0 Å². The van der Waals surface area contributed by atoms with Crippen LogP contribution < -0.4 is 5.32 Å². The van der Waals surface area contributed by atoms with E-state index in [1.54, 1.807) is 17.2 Å². The van der Waals surface area contributed by atoms with Crippen LogP contribution in [0.5, 0.6) is 0 Å². The molecule has 0 bridgehead atoms. The van der Waals surface area contributed by atoms with Crippen LogP contribution >= 0.6 is 11.6 Å². The molecule has 1 amide bonds. The molecule has 0 spiro atoms. The Kier molecular flexibility index (Phi) is 4.79. The molecule has 6 heteroatoms. The third-order valence-corrected chi connectivity index (χ3v) is 3.99. The fourth-order valence-electron chi connectivity index (χ4n) is 2.41. The van der Waals surface area contributed by atoms with Crippen LogP contribution in [0.1, 0.15) is 16.1 Å². The zero-order valence-electron chi connectivity index (χ0n) is 12.9. The number of amides is 1. The molecule has 0 aliphatic carbocycles. The van der Waals surface area contributed by atoms with Gasteiger partial charge in [-0.15, -0.1) is 0 Å². The lowest BCUT2D eigenvalue weighted by Gasteiger charge is -2.26. The molecule has 1 fully saturated rings. The highest BCUT2D eigenvalue weighted by atomic mass is 35.5. The van der Waals surface area contributed by atoms with Crippen molar-refractivity contribution in [1.82, 2.24) is 9.88 Å². The van der Waals surface area contributed by atoms with Crippen molar-refractivity contribution in [3.05, 3.63) is 52.8 Å². The van der Waals surface area contributed by atoms with Crippen molar-refractivity contribution in [3.8, 4) is 0 Å². The molecule has 2 aromatic rings. The van der Waals surface area contributed by atoms with E-state index in [0.29, 0.717) is 37.0 Å². The van der Waals surface area contributed by atoms with E-state index in [4.69, 9.17) is 16.3 Å². The normalized spacial score (nSPS) is 14.6. The number of hydrogen-bond donors (Lipinski definition) is 1. The van der Waals surface area contributed by atoms with E-state index in [1.165, 1.54) is 0 Å². The number of morpholine rings is 1. The number of nitrogens with zero attached hydrogens (tertiary/aromatic N) is 2.